The van der Waals surface area contributed by atoms with E-state index in [0.29, 0.717) is 11.5 Å². The van der Waals surface area contributed by atoms with Crippen LogP contribution >= 0.6 is 0 Å². The van der Waals surface area contributed by atoms with Crippen molar-refractivity contribution >= 4 is 0 Å². The molecule has 0 radical (unpaired) electrons. The molecule has 0 heterocycles. The van der Waals surface area contributed by atoms with Gasteiger partial charge in [0, 0.05) is 5.56 Å². The summed E-state index contributed by atoms with van der Waals surface area (Å²) in [5.41, 5.74) is 3.36. The molecule has 0 aromatic heterocycles. The second-order valence-corrected chi connectivity index (χ2v) is 5.21. The molecule has 0 fully saturated rings. The Bertz CT molecular complexity index is 379. The Balaban J connectivity index is 2.77. The predicted molar refractivity (Wildman–Crippen MR) is 76.4 cm³/mol. The molecular weight excluding hydrogens is 224 g/mol. The van der Waals surface area contributed by atoms with E-state index in [1.807, 2.05) is 20.8 Å². The molecule has 0 saturated carbocycles. The van der Waals surface area contributed by atoms with E-state index in [4.69, 9.17) is 0 Å². The number of aromatic hydroxyl groups is 2. The Labute approximate surface area is 111 Å². The highest BCUT2D eigenvalue weighted by molar-refractivity contribution is 5.56. The lowest BCUT2D eigenvalue weighted by Gasteiger charge is -2.15. The second kappa shape index (κ2) is 6.67. The van der Waals surface area contributed by atoms with Crippen LogP contribution in [0.3, 0.4) is 0 Å². The fourth-order valence-electron chi connectivity index (χ4n) is 2.39. The summed E-state index contributed by atoms with van der Waals surface area (Å²) in [6.07, 6.45) is 6.91. The lowest BCUT2D eigenvalue weighted by Crippen LogP contribution is -1.97. The quantitative estimate of drug-likeness (QED) is 0.575. The van der Waals surface area contributed by atoms with Crippen LogP contribution in [-0.4, -0.2) is 10.2 Å². The van der Waals surface area contributed by atoms with Gasteiger partial charge in [-0.25, -0.2) is 0 Å². The van der Waals surface area contributed by atoms with Crippen molar-refractivity contribution in [1.29, 1.82) is 0 Å². The van der Waals surface area contributed by atoms with Crippen molar-refractivity contribution in [3.63, 3.8) is 0 Å². The van der Waals surface area contributed by atoms with Crippen molar-refractivity contribution < 1.29 is 10.2 Å². The second-order valence-electron chi connectivity index (χ2n) is 5.21. The molecule has 0 amide bonds. The topological polar surface area (TPSA) is 40.5 Å². The first kappa shape index (κ1) is 14.9. The molecule has 0 spiro atoms. The van der Waals surface area contributed by atoms with Crippen molar-refractivity contribution in [3.05, 3.63) is 22.3 Å². The average molecular weight is 250 g/mol. The first-order valence-electron chi connectivity index (χ1n) is 7.01. The molecule has 0 aliphatic carbocycles. The van der Waals surface area contributed by atoms with Gasteiger partial charge in [0.15, 0.2) is 0 Å². The third kappa shape index (κ3) is 3.18. The van der Waals surface area contributed by atoms with Gasteiger partial charge in [0.05, 0.1) is 0 Å². The van der Waals surface area contributed by atoms with Crippen molar-refractivity contribution in [2.24, 2.45) is 0 Å². The van der Waals surface area contributed by atoms with Gasteiger partial charge >= 0.3 is 0 Å². The van der Waals surface area contributed by atoms with Gasteiger partial charge in [0.1, 0.15) is 11.5 Å². The summed E-state index contributed by atoms with van der Waals surface area (Å²) in [4.78, 5) is 0. The monoisotopic (exact) mass is 250 g/mol. The molecule has 1 aromatic rings. The molecule has 2 N–H and O–H groups in total. The number of hydrogen-bond acceptors (Lipinski definition) is 2. The van der Waals surface area contributed by atoms with E-state index in [1.165, 1.54) is 25.7 Å². The summed E-state index contributed by atoms with van der Waals surface area (Å²) in [6, 6.07) is 0. The smallest absolute Gasteiger partial charge is 0.122 e. The Kier molecular flexibility index (Phi) is 5.52. The zero-order valence-electron chi connectivity index (χ0n) is 12.1. The summed E-state index contributed by atoms with van der Waals surface area (Å²) in [6.45, 7) is 7.81. The number of benzene rings is 1. The lowest BCUT2D eigenvalue weighted by molar-refractivity contribution is 0.442. The SMILES string of the molecule is CCCCCCCc1c(C)c(O)c(C)c(C)c1O. The number of unbranched alkanes of at least 4 members (excludes halogenated alkanes) is 4. The molecule has 2 heteroatoms. The lowest BCUT2D eigenvalue weighted by atomic mass is 9.94. The summed E-state index contributed by atoms with van der Waals surface area (Å²) in [5, 5.41) is 20.2. The first-order valence-corrected chi connectivity index (χ1v) is 7.01. The Hall–Kier alpha value is -1.18. The summed E-state index contributed by atoms with van der Waals surface area (Å²) in [5.74, 6) is 0.715. The van der Waals surface area contributed by atoms with E-state index in [0.717, 1.165) is 35.1 Å². The predicted octanol–water partition coefficient (Wildman–Crippen LogP) is 4.54. The van der Waals surface area contributed by atoms with E-state index < -0.39 is 0 Å². The zero-order valence-corrected chi connectivity index (χ0v) is 12.1. The molecule has 0 saturated heterocycles. The van der Waals surface area contributed by atoms with Crippen LogP contribution in [0.4, 0.5) is 0 Å². The molecule has 0 unspecified atom stereocenters. The zero-order chi connectivity index (χ0) is 13.7. The van der Waals surface area contributed by atoms with Crippen LogP contribution in [0.15, 0.2) is 0 Å². The third-order valence-electron chi connectivity index (χ3n) is 3.90. The van der Waals surface area contributed by atoms with E-state index >= 15 is 0 Å². The molecule has 102 valence electrons. The summed E-state index contributed by atoms with van der Waals surface area (Å²) < 4.78 is 0. The third-order valence-corrected chi connectivity index (χ3v) is 3.90. The van der Waals surface area contributed by atoms with Crippen LogP contribution < -0.4 is 0 Å². The summed E-state index contributed by atoms with van der Waals surface area (Å²) >= 11 is 0. The largest absolute Gasteiger partial charge is 0.507 e. The van der Waals surface area contributed by atoms with Gasteiger partial charge in [-0.2, -0.15) is 0 Å². The molecule has 1 rings (SSSR count). The van der Waals surface area contributed by atoms with Gasteiger partial charge < -0.3 is 10.2 Å². The van der Waals surface area contributed by atoms with E-state index in [2.05, 4.69) is 6.92 Å². The van der Waals surface area contributed by atoms with Gasteiger partial charge in [-0.3, -0.25) is 0 Å². The van der Waals surface area contributed by atoms with Crippen LogP contribution in [0.1, 0.15) is 61.3 Å². The van der Waals surface area contributed by atoms with Crippen LogP contribution in [0.5, 0.6) is 11.5 Å². The van der Waals surface area contributed by atoms with Crippen molar-refractivity contribution in [2.75, 3.05) is 0 Å². The molecule has 0 bridgehead atoms. The highest BCUT2D eigenvalue weighted by Gasteiger charge is 2.15. The Morgan fingerprint density at radius 2 is 1.28 bits per heavy atom. The fourth-order valence-corrected chi connectivity index (χ4v) is 2.39. The van der Waals surface area contributed by atoms with E-state index in [1.54, 1.807) is 0 Å². The van der Waals surface area contributed by atoms with Crippen LogP contribution in [0, 0.1) is 20.8 Å². The minimum Gasteiger partial charge on any atom is -0.507 e. The maximum absolute atomic E-state index is 10.2. The molecule has 0 aliphatic heterocycles. The molecule has 0 atom stereocenters. The minimum atomic E-state index is 0.342. The van der Waals surface area contributed by atoms with Gasteiger partial charge in [-0.15, -0.1) is 0 Å². The average Bonchev–Trinajstić information content (AvgIpc) is 2.37. The Morgan fingerprint density at radius 3 is 1.89 bits per heavy atom. The number of hydrogen-bond donors (Lipinski definition) is 2. The van der Waals surface area contributed by atoms with Crippen molar-refractivity contribution in [1.82, 2.24) is 0 Å². The Morgan fingerprint density at radius 1 is 0.722 bits per heavy atom. The van der Waals surface area contributed by atoms with Crippen LogP contribution in [0.2, 0.25) is 0 Å². The highest BCUT2D eigenvalue weighted by atomic mass is 16.3. The van der Waals surface area contributed by atoms with Gasteiger partial charge in [0.25, 0.3) is 0 Å². The van der Waals surface area contributed by atoms with E-state index in [9.17, 15) is 10.2 Å². The maximum Gasteiger partial charge on any atom is 0.122 e. The molecule has 18 heavy (non-hydrogen) atoms. The molecule has 1 aromatic carbocycles. The van der Waals surface area contributed by atoms with Crippen molar-refractivity contribution in [2.45, 2.75) is 66.2 Å². The fraction of sp³-hybridized carbons (Fsp3) is 0.625. The number of phenols is 2. The standard InChI is InChI=1S/C16H26O2/c1-5-6-7-8-9-10-14-13(4)15(17)11(2)12(3)16(14)18/h17-18H,5-10H2,1-4H3. The van der Waals surface area contributed by atoms with Crippen molar-refractivity contribution in [3.8, 4) is 11.5 Å². The molecular formula is C16H26O2. The highest BCUT2D eigenvalue weighted by Crippen LogP contribution is 2.36. The number of rotatable bonds is 6. The normalized spacial score (nSPS) is 10.9. The van der Waals surface area contributed by atoms with E-state index in [-0.39, 0.29) is 0 Å². The molecule has 0 aliphatic rings. The van der Waals surface area contributed by atoms with Gasteiger partial charge in [-0.1, -0.05) is 32.6 Å². The van der Waals surface area contributed by atoms with Gasteiger partial charge in [-0.05, 0) is 50.3 Å². The minimum absolute atomic E-state index is 0.342. The molecule has 2 nitrogen and oxygen atoms in total. The number of phenolic OH excluding ortho intramolecular Hbond substituents is 2. The summed E-state index contributed by atoms with van der Waals surface area (Å²) in [7, 11) is 0. The first-order chi connectivity index (χ1) is 8.50. The maximum atomic E-state index is 10.2. The van der Waals surface area contributed by atoms with Gasteiger partial charge in [0.2, 0.25) is 0 Å². The van der Waals surface area contributed by atoms with Crippen LogP contribution in [0.25, 0.3) is 0 Å². The van der Waals surface area contributed by atoms with Crippen LogP contribution in [-0.2, 0) is 6.42 Å².